The molecule has 5 heteroatoms. The van der Waals surface area contributed by atoms with Crippen LogP contribution in [-0.4, -0.2) is 9.97 Å². The van der Waals surface area contributed by atoms with Crippen LogP contribution in [0.5, 0.6) is 0 Å². The largest absolute Gasteiger partial charge is 0.399 e. The number of aromatic amines is 1. The lowest BCUT2D eigenvalue weighted by molar-refractivity contribution is 0.628. The van der Waals surface area contributed by atoms with Gasteiger partial charge in [0.25, 0.3) is 0 Å². The second-order valence-corrected chi connectivity index (χ2v) is 3.61. The Morgan fingerprint density at radius 1 is 1.44 bits per heavy atom. The molecular weight excluding hydrogens is 207 g/mol. The highest BCUT2D eigenvalue weighted by molar-refractivity contribution is 5.55. The van der Waals surface area contributed by atoms with Crippen molar-refractivity contribution in [2.45, 2.75) is 13.0 Å². The minimum Gasteiger partial charge on any atom is -0.399 e. The maximum absolute atomic E-state index is 13.1. The first-order valence-electron chi connectivity index (χ1n) is 4.97. The maximum atomic E-state index is 13.1. The van der Waals surface area contributed by atoms with Gasteiger partial charge in [-0.25, -0.2) is 9.37 Å². The summed E-state index contributed by atoms with van der Waals surface area (Å²) in [6.07, 6.45) is 3.42. The standard InChI is InChI=1S/C11H13FN4/c1-7(11-14-2-3-15-11)16-10-5-8(12)4-9(13)6-10/h2-7,16H,13H2,1H3,(H,14,15). The molecule has 0 aliphatic heterocycles. The van der Waals surface area contributed by atoms with Gasteiger partial charge in [-0.05, 0) is 25.1 Å². The molecule has 4 N–H and O–H groups in total. The Balaban J connectivity index is 2.15. The highest BCUT2D eigenvalue weighted by Crippen LogP contribution is 2.20. The summed E-state index contributed by atoms with van der Waals surface area (Å²) >= 11 is 0. The number of halogens is 1. The number of anilines is 2. The first-order valence-corrected chi connectivity index (χ1v) is 4.97. The van der Waals surface area contributed by atoms with Gasteiger partial charge >= 0.3 is 0 Å². The fraction of sp³-hybridized carbons (Fsp3) is 0.182. The summed E-state index contributed by atoms with van der Waals surface area (Å²) in [5.41, 5.74) is 6.59. The number of rotatable bonds is 3. The summed E-state index contributed by atoms with van der Waals surface area (Å²) in [5.74, 6) is 0.442. The fourth-order valence-electron chi connectivity index (χ4n) is 1.53. The molecule has 1 aromatic heterocycles. The molecule has 84 valence electrons. The quantitative estimate of drug-likeness (QED) is 0.695. The monoisotopic (exact) mass is 220 g/mol. The van der Waals surface area contributed by atoms with Gasteiger partial charge in [0, 0.05) is 23.8 Å². The second kappa shape index (κ2) is 4.22. The van der Waals surface area contributed by atoms with Crippen molar-refractivity contribution in [2.75, 3.05) is 11.1 Å². The van der Waals surface area contributed by atoms with Gasteiger partial charge < -0.3 is 16.0 Å². The van der Waals surface area contributed by atoms with Gasteiger partial charge in [0.1, 0.15) is 11.6 Å². The molecule has 0 aliphatic rings. The summed E-state index contributed by atoms with van der Waals surface area (Å²) in [7, 11) is 0. The molecule has 1 atom stereocenters. The number of nitrogens with zero attached hydrogens (tertiary/aromatic N) is 1. The van der Waals surface area contributed by atoms with E-state index >= 15 is 0 Å². The zero-order chi connectivity index (χ0) is 11.5. The van der Waals surface area contributed by atoms with Crippen molar-refractivity contribution in [3.8, 4) is 0 Å². The van der Waals surface area contributed by atoms with Crippen LogP contribution in [0.2, 0.25) is 0 Å². The van der Waals surface area contributed by atoms with Gasteiger partial charge in [-0.15, -0.1) is 0 Å². The van der Waals surface area contributed by atoms with Gasteiger partial charge in [0.15, 0.2) is 0 Å². The molecule has 0 amide bonds. The van der Waals surface area contributed by atoms with E-state index in [0.29, 0.717) is 11.4 Å². The number of aromatic nitrogens is 2. The maximum Gasteiger partial charge on any atom is 0.128 e. The van der Waals surface area contributed by atoms with Crippen LogP contribution in [0, 0.1) is 5.82 Å². The van der Waals surface area contributed by atoms with E-state index in [-0.39, 0.29) is 11.9 Å². The fourth-order valence-corrected chi connectivity index (χ4v) is 1.53. The Kier molecular flexibility index (Phi) is 2.76. The SMILES string of the molecule is CC(Nc1cc(N)cc(F)c1)c1ncc[nH]1. The predicted molar refractivity (Wildman–Crippen MR) is 61.4 cm³/mol. The van der Waals surface area contributed by atoms with Gasteiger partial charge in [-0.2, -0.15) is 0 Å². The van der Waals surface area contributed by atoms with E-state index in [1.807, 2.05) is 6.92 Å². The Hall–Kier alpha value is -2.04. The number of benzene rings is 1. The van der Waals surface area contributed by atoms with Crippen molar-refractivity contribution >= 4 is 11.4 Å². The predicted octanol–water partition coefficient (Wildman–Crippen LogP) is 2.30. The number of H-pyrrole nitrogens is 1. The molecule has 16 heavy (non-hydrogen) atoms. The number of hydrogen-bond acceptors (Lipinski definition) is 3. The number of hydrogen-bond donors (Lipinski definition) is 3. The van der Waals surface area contributed by atoms with E-state index in [0.717, 1.165) is 5.82 Å². The molecule has 0 bridgehead atoms. The number of nitrogen functional groups attached to an aromatic ring is 1. The Labute approximate surface area is 92.7 Å². The molecule has 0 aliphatic carbocycles. The lowest BCUT2D eigenvalue weighted by atomic mass is 10.2. The average molecular weight is 220 g/mol. The van der Waals surface area contributed by atoms with Crippen LogP contribution in [0.1, 0.15) is 18.8 Å². The molecular formula is C11H13FN4. The minimum atomic E-state index is -0.353. The van der Waals surface area contributed by atoms with Gasteiger partial charge in [-0.3, -0.25) is 0 Å². The summed E-state index contributed by atoms with van der Waals surface area (Å²) in [6, 6.07) is 4.33. The number of nitrogens with one attached hydrogen (secondary N) is 2. The van der Waals surface area contributed by atoms with Crippen LogP contribution < -0.4 is 11.1 Å². The van der Waals surface area contributed by atoms with E-state index in [4.69, 9.17) is 5.73 Å². The topological polar surface area (TPSA) is 66.7 Å². The summed E-state index contributed by atoms with van der Waals surface area (Å²) in [6.45, 7) is 1.93. The van der Waals surface area contributed by atoms with Crippen molar-refractivity contribution in [3.63, 3.8) is 0 Å². The number of imidazole rings is 1. The molecule has 0 saturated carbocycles. The third-order valence-corrected chi connectivity index (χ3v) is 2.23. The van der Waals surface area contributed by atoms with Crippen LogP contribution in [0.15, 0.2) is 30.6 Å². The molecule has 2 rings (SSSR count). The molecule has 2 aromatic rings. The van der Waals surface area contributed by atoms with Crippen LogP contribution >= 0.6 is 0 Å². The van der Waals surface area contributed by atoms with Crippen molar-refractivity contribution in [3.05, 3.63) is 42.2 Å². The van der Waals surface area contributed by atoms with Gasteiger partial charge in [0.2, 0.25) is 0 Å². The van der Waals surface area contributed by atoms with Crippen molar-refractivity contribution < 1.29 is 4.39 Å². The zero-order valence-corrected chi connectivity index (χ0v) is 8.87. The van der Waals surface area contributed by atoms with Crippen molar-refractivity contribution in [2.24, 2.45) is 0 Å². The second-order valence-electron chi connectivity index (χ2n) is 3.61. The van der Waals surface area contributed by atoms with Crippen LogP contribution in [0.4, 0.5) is 15.8 Å². The lowest BCUT2D eigenvalue weighted by Crippen LogP contribution is -2.08. The smallest absolute Gasteiger partial charge is 0.128 e. The molecule has 0 fully saturated rings. The zero-order valence-electron chi connectivity index (χ0n) is 8.87. The third-order valence-electron chi connectivity index (χ3n) is 2.23. The first kappa shape index (κ1) is 10.5. The highest BCUT2D eigenvalue weighted by atomic mass is 19.1. The average Bonchev–Trinajstić information content (AvgIpc) is 2.68. The van der Waals surface area contributed by atoms with E-state index in [1.165, 1.54) is 12.1 Å². The van der Waals surface area contributed by atoms with Crippen molar-refractivity contribution in [1.82, 2.24) is 9.97 Å². The van der Waals surface area contributed by atoms with E-state index in [9.17, 15) is 4.39 Å². The highest BCUT2D eigenvalue weighted by Gasteiger charge is 2.08. The van der Waals surface area contributed by atoms with Crippen LogP contribution in [0.25, 0.3) is 0 Å². The Morgan fingerprint density at radius 3 is 2.88 bits per heavy atom. The summed E-state index contributed by atoms with van der Waals surface area (Å²) in [4.78, 5) is 7.10. The molecule has 0 spiro atoms. The van der Waals surface area contributed by atoms with Gasteiger partial charge in [0.05, 0.1) is 6.04 Å². The summed E-state index contributed by atoms with van der Waals surface area (Å²) in [5, 5.41) is 3.11. The van der Waals surface area contributed by atoms with E-state index < -0.39 is 0 Å². The van der Waals surface area contributed by atoms with Crippen molar-refractivity contribution in [1.29, 1.82) is 0 Å². The minimum absolute atomic E-state index is 0.0313. The molecule has 1 aromatic carbocycles. The molecule has 1 unspecified atom stereocenters. The van der Waals surface area contributed by atoms with E-state index in [1.54, 1.807) is 18.5 Å². The molecule has 0 saturated heterocycles. The first-order chi connectivity index (χ1) is 7.65. The Morgan fingerprint density at radius 2 is 2.25 bits per heavy atom. The molecule has 0 radical (unpaired) electrons. The lowest BCUT2D eigenvalue weighted by Gasteiger charge is -2.13. The van der Waals surface area contributed by atoms with Crippen LogP contribution in [0.3, 0.4) is 0 Å². The number of nitrogens with two attached hydrogens (primary N) is 1. The Bertz CT molecular complexity index is 447. The third kappa shape index (κ3) is 2.31. The van der Waals surface area contributed by atoms with Crippen LogP contribution in [-0.2, 0) is 0 Å². The van der Waals surface area contributed by atoms with E-state index in [2.05, 4.69) is 15.3 Å². The summed E-state index contributed by atoms with van der Waals surface area (Å²) < 4.78 is 13.1. The molecule has 4 nitrogen and oxygen atoms in total. The molecule has 1 heterocycles. The van der Waals surface area contributed by atoms with Gasteiger partial charge in [-0.1, -0.05) is 0 Å². The normalized spacial score (nSPS) is 12.4.